The summed E-state index contributed by atoms with van der Waals surface area (Å²) in [5, 5.41) is 19.6. The van der Waals surface area contributed by atoms with Gasteiger partial charge in [0.05, 0.1) is 13.1 Å². The largest absolute Gasteiger partial charge is 0.502 e. The summed E-state index contributed by atoms with van der Waals surface area (Å²) >= 11 is 0. The Morgan fingerprint density at radius 3 is 1.50 bits per heavy atom. The average molecular weight is 364 g/mol. The maximum absolute atomic E-state index is 11.6. The van der Waals surface area contributed by atoms with Gasteiger partial charge in [0, 0.05) is 25.2 Å². The van der Waals surface area contributed by atoms with Crippen LogP contribution in [0.25, 0.3) is 0 Å². The van der Waals surface area contributed by atoms with Crippen LogP contribution in [0.2, 0.25) is 0 Å². The Balaban J connectivity index is 1.94. The Kier molecular flexibility index (Phi) is 6.23. The molecule has 8 heteroatoms. The predicted octanol–water partition coefficient (Wildman–Crippen LogP) is 1.18. The van der Waals surface area contributed by atoms with Gasteiger partial charge in [0.15, 0.2) is 11.5 Å². The smallest absolute Gasteiger partial charge is 0.227 e. The minimum atomic E-state index is -0.459. The second kappa shape index (κ2) is 8.20. The molecule has 0 amide bonds. The minimum absolute atomic E-state index is 0.225. The van der Waals surface area contributed by atoms with Crippen LogP contribution >= 0.6 is 0 Å². The van der Waals surface area contributed by atoms with Crippen molar-refractivity contribution in [1.29, 1.82) is 0 Å². The van der Waals surface area contributed by atoms with Crippen molar-refractivity contribution in [2.45, 2.75) is 26.9 Å². The first-order chi connectivity index (χ1) is 12.2. The Bertz CT molecular complexity index is 813. The summed E-state index contributed by atoms with van der Waals surface area (Å²) in [5.74, 6) is 0.589. The molecule has 8 nitrogen and oxygen atoms in total. The van der Waals surface area contributed by atoms with Crippen molar-refractivity contribution in [1.82, 2.24) is 9.80 Å². The maximum atomic E-state index is 11.6. The molecule has 0 aliphatic rings. The fourth-order valence-electron chi connectivity index (χ4n) is 2.53. The molecule has 0 fully saturated rings. The molecular formula is C18H24N2O6. The van der Waals surface area contributed by atoms with Crippen LogP contribution in [0.15, 0.2) is 30.6 Å². The molecule has 0 saturated carbocycles. The Labute approximate surface area is 150 Å². The standard InChI is InChI=1S/C18H24N2O6/c1-11-7-13(21)17(23)15(25-11)9-19(3)5-6-20(4)10-16-18(24)14(22)8-12(2)26-16/h7-8,23-24H,5-6,9-10H2,1-4H3. The third-order valence-corrected chi connectivity index (χ3v) is 3.92. The molecule has 2 rings (SSSR count). The lowest BCUT2D eigenvalue weighted by Gasteiger charge is -2.21. The zero-order valence-corrected chi connectivity index (χ0v) is 15.4. The first-order valence-corrected chi connectivity index (χ1v) is 8.19. The van der Waals surface area contributed by atoms with Gasteiger partial charge in [-0.05, 0) is 27.9 Å². The summed E-state index contributed by atoms with van der Waals surface area (Å²) in [6.07, 6.45) is 0. The fourth-order valence-corrected chi connectivity index (χ4v) is 2.53. The van der Waals surface area contributed by atoms with Crippen molar-refractivity contribution in [2.75, 3.05) is 27.2 Å². The van der Waals surface area contributed by atoms with E-state index < -0.39 is 10.9 Å². The lowest BCUT2D eigenvalue weighted by atomic mass is 10.3. The second-order valence-electron chi connectivity index (χ2n) is 6.46. The summed E-state index contributed by atoms with van der Waals surface area (Å²) in [7, 11) is 3.67. The minimum Gasteiger partial charge on any atom is -0.502 e. The molecule has 0 spiro atoms. The van der Waals surface area contributed by atoms with E-state index in [-0.39, 0.29) is 36.1 Å². The molecule has 0 aliphatic carbocycles. The van der Waals surface area contributed by atoms with Crippen LogP contribution in [-0.2, 0) is 13.1 Å². The molecule has 26 heavy (non-hydrogen) atoms. The first kappa shape index (κ1) is 19.7. The van der Waals surface area contributed by atoms with E-state index in [9.17, 15) is 19.8 Å². The summed E-state index contributed by atoms with van der Waals surface area (Å²) in [6, 6.07) is 2.49. The number of aryl methyl sites for hydroxylation is 2. The summed E-state index contributed by atoms with van der Waals surface area (Å²) in [5.41, 5.74) is -0.918. The molecule has 0 saturated heterocycles. The molecule has 0 aromatic carbocycles. The highest BCUT2D eigenvalue weighted by Gasteiger charge is 2.15. The van der Waals surface area contributed by atoms with Crippen LogP contribution in [0.4, 0.5) is 0 Å². The maximum Gasteiger partial charge on any atom is 0.227 e. The van der Waals surface area contributed by atoms with Gasteiger partial charge in [-0.3, -0.25) is 19.4 Å². The fraction of sp³-hybridized carbons (Fsp3) is 0.444. The van der Waals surface area contributed by atoms with E-state index >= 15 is 0 Å². The van der Waals surface area contributed by atoms with Crippen LogP contribution in [0.1, 0.15) is 23.0 Å². The van der Waals surface area contributed by atoms with Gasteiger partial charge in [0.1, 0.15) is 11.5 Å². The van der Waals surface area contributed by atoms with Crippen LogP contribution in [0.3, 0.4) is 0 Å². The quantitative estimate of drug-likeness (QED) is 0.754. The van der Waals surface area contributed by atoms with E-state index in [0.717, 1.165) is 0 Å². The topological polar surface area (TPSA) is 107 Å². The van der Waals surface area contributed by atoms with Gasteiger partial charge in [-0.1, -0.05) is 0 Å². The highest BCUT2D eigenvalue weighted by Crippen LogP contribution is 2.16. The van der Waals surface area contributed by atoms with Gasteiger partial charge in [-0.25, -0.2) is 0 Å². The Morgan fingerprint density at radius 2 is 1.15 bits per heavy atom. The van der Waals surface area contributed by atoms with Crippen LogP contribution < -0.4 is 10.9 Å². The number of rotatable bonds is 7. The molecule has 0 atom stereocenters. The zero-order chi connectivity index (χ0) is 19.4. The average Bonchev–Trinajstić information content (AvgIpc) is 2.55. The van der Waals surface area contributed by atoms with Crippen molar-refractivity contribution in [2.24, 2.45) is 0 Å². The summed E-state index contributed by atoms with van der Waals surface area (Å²) in [4.78, 5) is 27.0. The van der Waals surface area contributed by atoms with Crippen LogP contribution in [-0.4, -0.2) is 47.2 Å². The summed E-state index contributed by atoms with van der Waals surface area (Å²) in [6.45, 7) is 5.07. The number of hydrogen-bond acceptors (Lipinski definition) is 8. The van der Waals surface area contributed by atoms with Crippen LogP contribution in [0, 0.1) is 13.8 Å². The molecule has 2 aromatic rings. The zero-order valence-electron chi connectivity index (χ0n) is 15.4. The molecule has 0 bridgehead atoms. The Hall–Kier alpha value is -2.58. The monoisotopic (exact) mass is 364 g/mol. The molecule has 0 radical (unpaired) electrons. The van der Waals surface area contributed by atoms with Gasteiger partial charge >= 0.3 is 0 Å². The number of aromatic hydroxyl groups is 2. The lowest BCUT2D eigenvalue weighted by molar-refractivity contribution is 0.214. The van der Waals surface area contributed by atoms with Crippen molar-refractivity contribution < 1.29 is 19.0 Å². The number of hydrogen-bond donors (Lipinski definition) is 2. The molecule has 2 heterocycles. The first-order valence-electron chi connectivity index (χ1n) is 8.19. The van der Waals surface area contributed by atoms with E-state index in [1.807, 2.05) is 23.9 Å². The second-order valence-corrected chi connectivity index (χ2v) is 6.46. The van der Waals surface area contributed by atoms with E-state index in [0.29, 0.717) is 24.6 Å². The van der Waals surface area contributed by atoms with Gasteiger partial charge in [-0.2, -0.15) is 0 Å². The third kappa shape index (κ3) is 4.96. The van der Waals surface area contributed by atoms with E-state index in [1.165, 1.54) is 12.1 Å². The van der Waals surface area contributed by atoms with Crippen molar-refractivity contribution in [3.8, 4) is 11.5 Å². The number of likely N-dealkylation sites (N-methyl/N-ethyl adjacent to an activating group) is 2. The highest BCUT2D eigenvalue weighted by atomic mass is 16.4. The predicted molar refractivity (Wildman–Crippen MR) is 95.4 cm³/mol. The van der Waals surface area contributed by atoms with Gasteiger partial charge < -0.3 is 19.0 Å². The Morgan fingerprint density at radius 1 is 0.808 bits per heavy atom. The van der Waals surface area contributed by atoms with Gasteiger partial charge in [0.25, 0.3) is 0 Å². The van der Waals surface area contributed by atoms with E-state index in [2.05, 4.69) is 0 Å². The molecule has 2 aromatic heterocycles. The summed E-state index contributed by atoms with van der Waals surface area (Å²) < 4.78 is 10.8. The molecule has 2 N–H and O–H groups in total. The normalized spacial score (nSPS) is 11.5. The third-order valence-electron chi connectivity index (χ3n) is 3.92. The highest BCUT2D eigenvalue weighted by molar-refractivity contribution is 5.25. The number of nitrogens with zero attached hydrogens (tertiary/aromatic N) is 2. The van der Waals surface area contributed by atoms with Crippen molar-refractivity contribution in [3.05, 3.63) is 55.6 Å². The lowest BCUT2D eigenvalue weighted by Crippen LogP contribution is -2.30. The molecule has 0 aliphatic heterocycles. The van der Waals surface area contributed by atoms with E-state index in [4.69, 9.17) is 8.83 Å². The van der Waals surface area contributed by atoms with E-state index in [1.54, 1.807) is 13.8 Å². The SMILES string of the molecule is Cc1cc(=O)c(O)c(CN(C)CCN(C)Cc2oc(C)cc(=O)c2O)o1. The van der Waals surface area contributed by atoms with Crippen molar-refractivity contribution >= 4 is 0 Å². The van der Waals surface area contributed by atoms with Crippen LogP contribution in [0.5, 0.6) is 11.5 Å². The van der Waals surface area contributed by atoms with Gasteiger partial charge in [-0.15, -0.1) is 0 Å². The molecule has 0 unspecified atom stereocenters. The molecular weight excluding hydrogens is 340 g/mol. The molecule has 142 valence electrons. The van der Waals surface area contributed by atoms with Crippen molar-refractivity contribution in [3.63, 3.8) is 0 Å². The van der Waals surface area contributed by atoms with Gasteiger partial charge in [0.2, 0.25) is 22.4 Å².